The summed E-state index contributed by atoms with van der Waals surface area (Å²) < 4.78 is 25.3. The molecule has 2 heterocycles. The molecule has 0 radical (unpaired) electrons. The van der Waals surface area contributed by atoms with Gasteiger partial charge in [-0.3, -0.25) is 4.90 Å². The molecule has 0 spiro atoms. The summed E-state index contributed by atoms with van der Waals surface area (Å²) in [6, 6.07) is 4.29. The zero-order chi connectivity index (χ0) is 22.5. The van der Waals surface area contributed by atoms with Crippen molar-refractivity contribution in [3.63, 3.8) is 0 Å². The van der Waals surface area contributed by atoms with Gasteiger partial charge in [0.05, 0.1) is 18.8 Å². The average molecular weight is 434 g/mol. The highest BCUT2D eigenvalue weighted by molar-refractivity contribution is 5.89. The highest BCUT2D eigenvalue weighted by Gasteiger charge is 2.57. The molecule has 10 heteroatoms. The molecule has 3 fully saturated rings. The van der Waals surface area contributed by atoms with Gasteiger partial charge in [0.1, 0.15) is 17.5 Å². The van der Waals surface area contributed by atoms with Crippen molar-refractivity contribution in [2.24, 2.45) is 17.6 Å². The Balaban J connectivity index is 1.34. The first-order valence-corrected chi connectivity index (χ1v) is 10.3. The number of primary amides is 1. The Morgan fingerprint density at radius 3 is 2.52 bits per heavy atom. The molecule has 4 amide bonds. The number of halogens is 1. The van der Waals surface area contributed by atoms with Crippen LogP contribution in [0.5, 0.6) is 0 Å². The number of urea groups is 1. The number of hydrogen-bond acceptors (Lipinski definition) is 5. The van der Waals surface area contributed by atoms with Crippen LogP contribution in [0, 0.1) is 17.7 Å². The Labute approximate surface area is 179 Å². The molecule has 4 atom stereocenters. The summed E-state index contributed by atoms with van der Waals surface area (Å²) in [5, 5.41) is 2.58. The van der Waals surface area contributed by atoms with E-state index < -0.39 is 29.9 Å². The molecule has 31 heavy (non-hydrogen) atoms. The molecule has 1 unspecified atom stereocenters. The molecular weight excluding hydrogens is 407 g/mol. The standard InChI is InChI=1S/C21H27FN4O5/c1-21(2,3)31-19(28)24-7-12-8-26(20(29)30-12)11-4-5-13(16(22)6-11)17-14-9-25(18(23)27)10-15(14)17/h4-6,12,14-15,17H,7-10H2,1-3H3,(H2,23,27)(H,24,28)/t12-,14-,15+,17?/m0/s1. The van der Waals surface area contributed by atoms with E-state index >= 15 is 0 Å². The van der Waals surface area contributed by atoms with E-state index in [1.54, 1.807) is 37.8 Å². The van der Waals surface area contributed by atoms with E-state index in [1.165, 1.54) is 11.0 Å². The van der Waals surface area contributed by atoms with Gasteiger partial charge in [-0.2, -0.15) is 0 Å². The lowest BCUT2D eigenvalue weighted by atomic mass is 10.1. The topological polar surface area (TPSA) is 114 Å². The molecule has 3 N–H and O–H groups in total. The normalized spacial score (nSPS) is 27.0. The van der Waals surface area contributed by atoms with Crippen LogP contribution in [0.15, 0.2) is 18.2 Å². The number of benzene rings is 1. The van der Waals surface area contributed by atoms with Gasteiger partial charge in [-0.15, -0.1) is 0 Å². The fourth-order valence-electron chi connectivity index (χ4n) is 4.47. The monoisotopic (exact) mass is 434 g/mol. The Hall–Kier alpha value is -3.04. The fourth-order valence-corrected chi connectivity index (χ4v) is 4.47. The van der Waals surface area contributed by atoms with E-state index in [0.717, 1.165) is 0 Å². The number of nitrogens with one attached hydrogen (secondary N) is 1. The molecule has 1 aliphatic carbocycles. The lowest BCUT2D eigenvalue weighted by Crippen LogP contribution is -2.38. The summed E-state index contributed by atoms with van der Waals surface area (Å²) in [5.41, 5.74) is 5.68. The highest BCUT2D eigenvalue weighted by atomic mass is 19.1. The summed E-state index contributed by atoms with van der Waals surface area (Å²) in [7, 11) is 0. The van der Waals surface area contributed by atoms with Gasteiger partial charge in [-0.05, 0) is 56.2 Å². The van der Waals surface area contributed by atoms with Crippen molar-refractivity contribution in [1.29, 1.82) is 0 Å². The Morgan fingerprint density at radius 2 is 1.94 bits per heavy atom. The van der Waals surface area contributed by atoms with Crippen LogP contribution in [0.1, 0.15) is 32.3 Å². The summed E-state index contributed by atoms with van der Waals surface area (Å²) in [6.07, 6.45) is -1.75. The maximum absolute atomic E-state index is 14.8. The molecule has 168 valence electrons. The third-order valence-corrected chi connectivity index (χ3v) is 5.91. The Morgan fingerprint density at radius 1 is 1.26 bits per heavy atom. The molecule has 0 aromatic heterocycles. The van der Waals surface area contributed by atoms with Gasteiger partial charge in [0.25, 0.3) is 0 Å². The number of rotatable bonds is 4. The molecule has 0 bridgehead atoms. The van der Waals surface area contributed by atoms with Crippen molar-refractivity contribution in [1.82, 2.24) is 10.2 Å². The number of cyclic esters (lactones) is 1. The fraction of sp³-hybridized carbons (Fsp3) is 0.571. The van der Waals surface area contributed by atoms with Crippen LogP contribution in [0.2, 0.25) is 0 Å². The van der Waals surface area contributed by atoms with Crippen molar-refractivity contribution < 1.29 is 28.2 Å². The molecular formula is C21H27FN4O5. The number of anilines is 1. The first-order valence-electron chi connectivity index (χ1n) is 10.3. The molecule has 4 rings (SSSR count). The SMILES string of the molecule is CC(C)(C)OC(=O)NC[C@H]1CN(c2ccc(C3[C@H]4CN(C(N)=O)C[C@@H]34)c(F)c2)C(=O)O1. The minimum atomic E-state index is -0.625. The van der Waals surface area contributed by atoms with E-state index in [1.807, 2.05) is 0 Å². The van der Waals surface area contributed by atoms with Gasteiger partial charge in [-0.1, -0.05) is 6.07 Å². The summed E-state index contributed by atoms with van der Waals surface area (Å²) >= 11 is 0. The quantitative estimate of drug-likeness (QED) is 0.755. The minimum Gasteiger partial charge on any atom is -0.444 e. The lowest BCUT2D eigenvalue weighted by molar-refractivity contribution is 0.0496. The van der Waals surface area contributed by atoms with E-state index in [0.29, 0.717) is 24.3 Å². The van der Waals surface area contributed by atoms with Crippen molar-refractivity contribution >= 4 is 23.9 Å². The van der Waals surface area contributed by atoms with Gasteiger partial charge < -0.3 is 25.4 Å². The van der Waals surface area contributed by atoms with Crippen LogP contribution in [0.4, 0.5) is 24.5 Å². The van der Waals surface area contributed by atoms with Gasteiger partial charge in [0.2, 0.25) is 0 Å². The van der Waals surface area contributed by atoms with Crippen molar-refractivity contribution in [2.75, 3.05) is 31.1 Å². The van der Waals surface area contributed by atoms with Crippen molar-refractivity contribution in [2.45, 2.75) is 38.4 Å². The summed E-state index contributed by atoms with van der Waals surface area (Å²) in [5.74, 6) is 0.146. The average Bonchev–Trinajstić information content (AvgIpc) is 3.00. The van der Waals surface area contributed by atoms with Crippen molar-refractivity contribution in [3.05, 3.63) is 29.6 Å². The van der Waals surface area contributed by atoms with Crippen LogP contribution in [0.25, 0.3) is 0 Å². The molecule has 1 aromatic carbocycles. The number of alkyl carbamates (subject to hydrolysis) is 1. The van der Waals surface area contributed by atoms with E-state index in [2.05, 4.69) is 5.32 Å². The number of fused-ring (bicyclic) bond motifs is 1. The van der Waals surface area contributed by atoms with Crippen LogP contribution in [-0.4, -0.2) is 61.0 Å². The number of amides is 4. The maximum atomic E-state index is 14.8. The second-order valence-electron chi connectivity index (χ2n) is 9.30. The number of piperidine rings is 1. The number of carbonyl (C=O) groups excluding carboxylic acids is 3. The largest absolute Gasteiger partial charge is 0.444 e. The smallest absolute Gasteiger partial charge is 0.414 e. The molecule has 2 saturated heterocycles. The summed E-state index contributed by atoms with van der Waals surface area (Å²) in [6.45, 7) is 6.66. The molecule has 1 aromatic rings. The first kappa shape index (κ1) is 21.2. The molecule has 9 nitrogen and oxygen atoms in total. The third-order valence-electron chi connectivity index (χ3n) is 5.91. The first-order chi connectivity index (χ1) is 14.5. The second-order valence-corrected chi connectivity index (χ2v) is 9.30. The number of hydrogen-bond donors (Lipinski definition) is 2. The van der Waals surface area contributed by atoms with Crippen LogP contribution in [0.3, 0.4) is 0 Å². The molecule has 3 aliphatic rings. The Kier molecular flexibility index (Phi) is 5.18. The molecule has 1 saturated carbocycles. The Bertz CT molecular complexity index is 906. The number of nitrogens with zero attached hydrogens (tertiary/aromatic N) is 2. The van der Waals surface area contributed by atoms with Crippen LogP contribution >= 0.6 is 0 Å². The van der Waals surface area contributed by atoms with Gasteiger partial charge in [-0.25, -0.2) is 18.8 Å². The number of nitrogens with two attached hydrogens (primary N) is 1. The van der Waals surface area contributed by atoms with Gasteiger partial charge in [0, 0.05) is 13.1 Å². The summed E-state index contributed by atoms with van der Waals surface area (Å²) in [4.78, 5) is 38.2. The van der Waals surface area contributed by atoms with Crippen LogP contribution < -0.4 is 16.0 Å². The maximum Gasteiger partial charge on any atom is 0.414 e. The molecule has 2 aliphatic heterocycles. The zero-order valence-electron chi connectivity index (χ0n) is 17.8. The van der Waals surface area contributed by atoms with E-state index in [9.17, 15) is 18.8 Å². The zero-order valence-corrected chi connectivity index (χ0v) is 17.8. The highest BCUT2D eigenvalue weighted by Crippen LogP contribution is 2.58. The number of carbonyl (C=O) groups is 3. The second kappa shape index (κ2) is 7.58. The number of likely N-dealkylation sites (tertiary alicyclic amines) is 1. The third kappa shape index (κ3) is 4.38. The van der Waals surface area contributed by atoms with Gasteiger partial charge in [0.15, 0.2) is 0 Å². The number of ether oxygens (including phenoxy) is 2. The van der Waals surface area contributed by atoms with E-state index in [4.69, 9.17) is 15.2 Å². The predicted octanol–water partition coefficient (Wildman–Crippen LogP) is 2.40. The van der Waals surface area contributed by atoms with Crippen LogP contribution in [-0.2, 0) is 9.47 Å². The van der Waals surface area contributed by atoms with Crippen molar-refractivity contribution in [3.8, 4) is 0 Å². The minimum absolute atomic E-state index is 0.0703. The lowest BCUT2D eigenvalue weighted by Gasteiger charge is -2.20. The predicted molar refractivity (Wildman–Crippen MR) is 109 cm³/mol. The van der Waals surface area contributed by atoms with E-state index in [-0.39, 0.29) is 36.7 Å². The van der Waals surface area contributed by atoms with Gasteiger partial charge >= 0.3 is 18.2 Å².